The molecule has 0 fully saturated rings. The van der Waals surface area contributed by atoms with Gasteiger partial charge in [0.15, 0.2) is 0 Å². The van der Waals surface area contributed by atoms with E-state index in [1.165, 1.54) is 24.5 Å². The van der Waals surface area contributed by atoms with Crippen LogP contribution in [0.1, 0.15) is 12.6 Å². The van der Waals surface area contributed by atoms with Gasteiger partial charge >= 0.3 is 5.97 Å². The molecule has 0 aliphatic carbocycles. The van der Waals surface area contributed by atoms with Gasteiger partial charge in [-0.1, -0.05) is 5.16 Å². The van der Waals surface area contributed by atoms with Crippen LogP contribution in [-0.4, -0.2) is 17.2 Å². The van der Waals surface area contributed by atoms with Crippen molar-refractivity contribution in [2.75, 3.05) is 0 Å². The zero-order chi connectivity index (χ0) is 8.10. The molecule has 0 radical (unpaired) electrons. The Bertz CT molecular complexity index is 256. The van der Waals surface area contributed by atoms with E-state index in [1.807, 2.05) is 0 Å². The summed E-state index contributed by atoms with van der Waals surface area (Å²) in [4.78, 5) is 18.4. The molecule has 5 heteroatoms. The molecule has 1 heterocycles. The Balaban J connectivity index is 2.43. The third-order valence-corrected chi connectivity index (χ3v) is 1.42. The number of thiazole rings is 1. The minimum absolute atomic E-state index is 0.434. The highest BCUT2D eigenvalue weighted by Crippen LogP contribution is 1.96. The second kappa shape index (κ2) is 3.82. The predicted molar refractivity (Wildman–Crippen MR) is 41.5 cm³/mol. The lowest BCUT2D eigenvalue weighted by Gasteiger charge is -1.85. The Hall–Kier alpha value is -1.23. The Kier molecular flexibility index (Phi) is 2.74. The van der Waals surface area contributed by atoms with Crippen LogP contribution in [0.25, 0.3) is 0 Å². The molecule has 11 heavy (non-hydrogen) atoms. The first-order valence-corrected chi connectivity index (χ1v) is 3.82. The van der Waals surface area contributed by atoms with Crippen molar-refractivity contribution in [3.63, 3.8) is 0 Å². The SMILES string of the molecule is CC(=O)ON=Cc1cscn1. The molecular weight excluding hydrogens is 164 g/mol. The van der Waals surface area contributed by atoms with E-state index in [0.29, 0.717) is 5.69 Å². The lowest BCUT2D eigenvalue weighted by Crippen LogP contribution is -1.91. The van der Waals surface area contributed by atoms with Gasteiger partial charge in [-0.3, -0.25) is 0 Å². The first kappa shape index (κ1) is 7.87. The van der Waals surface area contributed by atoms with Crippen molar-refractivity contribution in [3.8, 4) is 0 Å². The van der Waals surface area contributed by atoms with E-state index in [9.17, 15) is 4.79 Å². The number of hydrogen-bond acceptors (Lipinski definition) is 5. The number of hydrogen-bond donors (Lipinski definition) is 0. The standard InChI is InChI=1S/C6H6N2O2S/c1-5(9)10-8-2-6-3-11-4-7-6/h2-4H,1H3. The van der Waals surface area contributed by atoms with Crippen molar-refractivity contribution >= 4 is 23.5 Å². The van der Waals surface area contributed by atoms with Gasteiger partial charge in [0.05, 0.1) is 17.4 Å². The number of carbonyl (C=O) groups excluding carboxylic acids is 1. The van der Waals surface area contributed by atoms with Gasteiger partial charge < -0.3 is 4.84 Å². The third kappa shape index (κ3) is 2.90. The fourth-order valence-corrected chi connectivity index (χ4v) is 0.945. The van der Waals surface area contributed by atoms with Crippen molar-refractivity contribution in [1.82, 2.24) is 4.98 Å². The summed E-state index contributed by atoms with van der Waals surface area (Å²) in [6.45, 7) is 1.29. The van der Waals surface area contributed by atoms with Crippen LogP contribution >= 0.6 is 11.3 Å². The Morgan fingerprint density at radius 1 is 1.91 bits per heavy atom. The molecule has 0 atom stereocenters. The Labute approximate surface area is 67.5 Å². The summed E-state index contributed by atoms with van der Waals surface area (Å²) in [6.07, 6.45) is 1.39. The van der Waals surface area contributed by atoms with Gasteiger partial charge in [0.2, 0.25) is 0 Å². The highest BCUT2D eigenvalue weighted by molar-refractivity contribution is 7.07. The second-order valence-electron chi connectivity index (χ2n) is 1.73. The van der Waals surface area contributed by atoms with Crippen LogP contribution < -0.4 is 0 Å². The van der Waals surface area contributed by atoms with E-state index < -0.39 is 5.97 Å². The molecule has 0 N–H and O–H groups in total. The topological polar surface area (TPSA) is 51.5 Å². The molecule has 0 aromatic carbocycles. The van der Waals surface area contributed by atoms with Crippen LogP contribution in [0.4, 0.5) is 0 Å². The van der Waals surface area contributed by atoms with Crippen molar-refractivity contribution in [3.05, 3.63) is 16.6 Å². The maximum Gasteiger partial charge on any atom is 0.331 e. The fourth-order valence-electron chi connectivity index (χ4n) is 0.440. The number of oxime groups is 1. The quantitative estimate of drug-likeness (QED) is 0.378. The monoisotopic (exact) mass is 170 g/mol. The van der Waals surface area contributed by atoms with E-state index in [2.05, 4.69) is 15.0 Å². The smallest absolute Gasteiger partial charge is 0.319 e. The lowest BCUT2D eigenvalue weighted by molar-refractivity contribution is -0.140. The number of nitrogens with zero attached hydrogens (tertiary/aromatic N) is 2. The number of rotatable bonds is 2. The van der Waals surface area contributed by atoms with Crippen LogP contribution in [0.5, 0.6) is 0 Å². The van der Waals surface area contributed by atoms with E-state index in [0.717, 1.165) is 0 Å². The number of aromatic nitrogens is 1. The van der Waals surface area contributed by atoms with Gasteiger partial charge in [-0.25, -0.2) is 9.78 Å². The summed E-state index contributed by atoms with van der Waals surface area (Å²) in [6, 6.07) is 0. The summed E-state index contributed by atoms with van der Waals surface area (Å²) >= 11 is 1.46. The molecule has 1 rings (SSSR count). The molecule has 0 spiro atoms. The summed E-state index contributed by atoms with van der Waals surface area (Å²) in [5.74, 6) is -0.434. The summed E-state index contributed by atoms with van der Waals surface area (Å²) in [5.41, 5.74) is 2.37. The van der Waals surface area contributed by atoms with E-state index in [-0.39, 0.29) is 0 Å². The van der Waals surface area contributed by atoms with E-state index in [1.54, 1.807) is 10.9 Å². The average Bonchev–Trinajstić information content (AvgIpc) is 2.39. The molecule has 1 aromatic heterocycles. The zero-order valence-electron chi connectivity index (χ0n) is 5.85. The largest absolute Gasteiger partial charge is 0.331 e. The number of carbonyl (C=O) groups is 1. The Morgan fingerprint density at radius 3 is 3.27 bits per heavy atom. The summed E-state index contributed by atoms with van der Waals surface area (Å²) < 4.78 is 0. The molecule has 0 saturated heterocycles. The fraction of sp³-hybridized carbons (Fsp3) is 0.167. The van der Waals surface area contributed by atoms with Gasteiger partial charge in [-0.15, -0.1) is 11.3 Å². The lowest BCUT2D eigenvalue weighted by atomic mass is 10.6. The van der Waals surface area contributed by atoms with Gasteiger partial charge in [-0.2, -0.15) is 0 Å². The zero-order valence-corrected chi connectivity index (χ0v) is 6.67. The average molecular weight is 170 g/mol. The highest BCUT2D eigenvalue weighted by Gasteiger charge is 1.89. The molecule has 0 aliphatic rings. The van der Waals surface area contributed by atoms with E-state index in [4.69, 9.17) is 0 Å². The molecule has 4 nitrogen and oxygen atoms in total. The molecule has 0 saturated carbocycles. The van der Waals surface area contributed by atoms with Crippen LogP contribution in [0.15, 0.2) is 16.0 Å². The van der Waals surface area contributed by atoms with Crippen molar-refractivity contribution in [2.24, 2.45) is 5.16 Å². The van der Waals surface area contributed by atoms with Crippen molar-refractivity contribution in [1.29, 1.82) is 0 Å². The maximum atomic E-state index is 10.2. The van der Waals surface area contributed by atoms with Crippen LogP contribution in [-0.2, 0) is 9.63 Å². The van der Waals surface area contributed by atoms with Crippen LogP contribution in [0.3, 0.4) is 0 Å². The van der Waals surface area contributed by atoms with Crippen LogP contribution in [0.2, 0.25) is 0 Å². The van der Waals surface area contributed by atoms with Gasteiger partial charge in [0.25, 0.3) is 0 Å². The van der Waals surface area contributed by atoms with Crippen molar-refractivity contribution in [2.45, 2.75) is 6.92 Å². The van der Waals surface area contributed by atoms with E-state index >= 15 is 0 Å². The Morgan fingerprint density at radius 2 is 2.73 bits per heavy atom. The molecule has 0 bridgehead atoms. The van der Waals surface area contributed by atoms with Crippen LogP contribution in [0, 0.1) is 0 Å². The minimum Gasteiger partial charge on any atom is -0.319 e. The van der Waals surface area contributed by atoms with Crippen molar-refractivity contribution < 1.29 is 9.63 Å². The summed E-state index contributed by atoms with van der Waals surface area (Å²) in [5, 5.41) is 5.18. The molecular formula is C6H6N2O2S. The predicted octanol–water partition coefficient (Wildman–Crippen LogP) is 1.04. The summed E-state index contributed by atoms with van der Waals surface area (Å²) in [7, 11) is 0. The van der Waals surface area contributed by atoms with Gasteiger partial charge in [-0.05, 0) is 0 Å². The molecule has 0 amide bonds. The molecule has 0 aliphatic heterocycles. The third-order valence-electron chi connectivity index (χ3n) is 0.818. The van der Waals surface area contributed by atoms with Gasteiger partial charge in [0.1, 0.15) is 0 Å². The molecule has 58 valence electrons. The second-order valence-corrected chi connectivity index (χ2v) is 2.45. The first-order chi connectivity index (χ1) is 5.29. The molecule has 1 aromatic rings. The minimum atomic E-state index is -0.434. The first-order valence-electron chi connectivity index (χ1n) is 2.88. The normalized spacial score (nSPS) is 10.3. The highest BCUT2D eigenvalue weighted by atomic mass is 32.1. The maximum absolute atomic E-state index is 10.2. The van der Waals surface area contributed by atoms with Gasteiger partial charge in [0, 0.05) is 12.3 Å². The molecule has 0 unspecified atom stereocenters.